The van der Waals surface area contributed by atoms with E-state index in [4.69, 9.17) is 16.7 Å². The smallest absolute Gasteiger partial charge is 0.0446 e. The second-order valence-corrected chi connectivity index (χ2v) is 4.99. The number of hydrogen-bond acceptors (Lipinski definition) is 2. The van der Waals surface area contributed by atoms with Gasteiger partial charge in [0.1, 0.15) is 0 Å². The maximum atomic E-state index is 8.94. The zero-order valence-corrected chi connectivity index (χ0v) is 10.4. The van der Waals surface area contributed by atoms with Crippen LogP contribution in [0.2, 0.25) is 0 Å². The predicted molar refractivity (Wildman–Crippen MR) is 62.6 cm³/mol. The van der Waals surface area contributed by atoms with Crippen LogP contribution in [-0.2, 0) is 0 Å². The van der Waals surface area contributed by atoms with Crippen LogP contribution in [0.15, 0.2) is 11.1 Å². The van der Waals surface area contributed by atoms with Crippen molar-refractivity contribution in [1.82, 2.24) is 5.32 Å². The Labute approximate surface area is 92.3 Å². The second kappa shape index (κ2) is 6.44. The summed E-state index contributed by atoms with van der Waals surface area (Å²) in [6.45, 7) is 9.49. The summed E-state index contributed by atoms with van der Waals surface area (Å²) in [7, 11) is 0. The third kappa shape index (κ3) is 5.63. The van der Waals surface area contributed by atoms with E-state index in [9.17, 15) is 0 Å². The molecule has 0 aromatic heterocycles. The summed E-state index contributed by atoms with van der Waals surface area (Å²) in [5, 5.41) is 12.3. The molecule has 2 nitrogen and oxygen atoms in total. The standard InChI is InChI=1S/C11H22ClNO/c1-9(7-12)8-13-10(5-6-14)11(2,3)4/h7,10,13-14H,5-6,8H2,1-4H3. The molecule has 0 heterocycles. The SMILES string of the molecule is CC(=CCl)CNC(CCO)C(C)(C)C. The van der Waals surface area contributed by atoms with Crippen LogP contribution in [0.25, 0.3) is 0 Å². The molecule has 1 unspecified atom stereocenters. The lowest BCUT2D eigenvalue weighted by atomic mass is 9.85. The minimum atomic E-state index is 0.162. The predicted octanol–water partition coefficient (Wildman–Crippen LogP) is 2.52. The van der Waals surface area contributed by atoms with Gasteiger partial charge in [-0.2, -0.15) is 0 Å². The minimum absolute atomic E-state index is 0.162. The van der Waals surface area contributed by atoms with E-state index in [-0.39, 0.29) is 12.0 Å². The zero-order valence-electron chi connectivity index (χ0n) is 9.60. The number of rotatable bonds is 5. The number of nitrogens with one attached hydrogen (secondary N) is 1. The number of aliphatic hydroxyl groups excluding tert-OH is 1. The molecule has 0 saturated heterocycles. The van der Waals surface area contributed by atoms with Crippen molar-refractivity contribution in [1.29, 1.82) is 0 Å². The molecule has 14 heavy (non-hydrogen) atoms. The number of halogens is 1. The molecular weight excluding hydrogens is 198 g/mol. The van der Waals surface area contributed by atoms with Crippen LogP contribution >= 0.6 is 11.6 Å². The van der Waals surface area contributed by atoms with Crippen LogP contribution in [0.3, 0.4) is 0 Å². The van der Waals surface area contributed by atoms with Crippen molar-refractivity contribution in [3.8, 4) is 0 Å². The van der Waals surface area contributed by atoms with E-state index in [1.165, 1.54) is 0 Å². The van der Waals surface area contributed by atoms with Crippen LogP contribution in [0.4, 0.5) is 0 Å². The van der Waals surface area contributed by atoms with Gasteiger partial charge < -0.3 is 10.4 Å². The van der Waals surface area contributed by atoms with Gasteiger partial charge in [-0.15, -0.1) is 0 Å². The van der Waals surface area contributed by atoms with Crippen LogP contribution in [-0.4, -0.2) is 24.3 Å². The fourth-order valence-electron chi connectivity index (χ4n) is 1.29. The zero-order chi connectivity index (χ0) is 11.2. The van der Waals surface area contributed by atoms with Gasteiger partial charge in [-0.05, 0) is 24.3 Å². The van der Waals surface area contributed by atoms with E-state index in [1.54, 1.807) is 5.54 Å². The van der Waals surface area contributed by atoms with Gasteiger partial charge in [0, 0.05) is 24.7 Å². The molecule has 0 aromatic rings. The van der Waals surface area contributed by atoms with Gasteiger partial charge in [0.2, 0.25) is 0 Å². The summed E-state index contributed by atoms with van der Waals surface area (Å²) < 4.78 is 0. The Kier molecular flexibility index (Phi) is 6.41. The van der Waals surface area contributed by atoms with Gasteiger partial charge >= 0.3 is 0 Å². The fourth-order valence-corrected chi connectivity index (χ4v) is 1.37. The van der Waals surface area contributed by atoms with Gasteiger partial charge in [-0.3, -0.25) is 0 Å². The summed E-state index contributed by atoms with van der Waals surface area (Å²) in [6.07, 6.45) is 0.777. The topological polar surface area (TPSA) is 32.3 Å². The van der Waals surface area contributed by atoms with Gasteiger partial charge in [-0.1, -0.05) is 32.4 Å². The molecule has 0 aliphatic rings. The molecule has 3 heteroatoms. The van der Waals surface area contributed by atoms with Crippen molar-refractivity contribution >= 4 is 11.6 Å². The normalized spacial score (nSPS) is 15.7. The number of aliphatic hydroxyl groups is 1. The van der Waals surface area contributed by atoms with E-state index in [2.05, 4.69) is 26.1 Å². The van der Waals surface area contributed by atoms with Crippen molar-refractivity contribution in [3.63, 3.8) is 0 Å². The lowest BCUT2D eigenvalue weighted by Gasteiger charge is -2.31. The quantitative estimate of drug-likeness (QED) is 0.745. The second-order valence-electron chi connectivity index (χ2n) is 4.77. The average Bonchev–Trinajstić information content (AvgIpc) is 2.09. The van der Waals surface area contributed by atoms with Gasteiger partial charge in [0.25, 0.3) is 0 Å². The van der Waals surface area contributed by atoms with Crippen molar-refractivity contribution in [2.45, 2.75) is 40.2 Å². The monoisotopic (exact) mass is 219 g/mol. The molecule has 0 radical (unpaired) electrons. The molecular formula is C11H22ClNO. The molecule has 0 bridgehead atoms. The first-order chi connectivity index (χ1) is 6.41. The van der Waals surface area contributed by atoms with E-state index < -0.39 is 0 Å². The lowest BCUT2D eigenvalue weighted by Crippen LogP contribution is -2.41. The summed E-state index contributed by atoms with van der Waals surface area (Å²) >= 11 is 5.58. The van der Waals surface area contributed by atoms with Gasteiger partial charge in [0.15, 0.2) is 0 Å². The largest absolute Gasteiger partial charge is 0.396 e. The van der Waals surface area contributed by atoms with E-state index in [0.717, 1.165) is 18.5 Å². The Bertz CT molecular complexity index is 184. The highest BCUT2D eigenvalue weighted by Gasteiger charge is 2.23. The Hall–Kier alpha value is -0.0500. The van der Waals surface area contributed by atoms with Crippen molar-refractivity contribution < 1.29 is 5.11 Å². The first-order valence-electron chi connectivity index (χ1n) is 5.02. The Morgan fingerprint density at radius 3 is 2.43 bits per heavy atom. The highest BCUT2D eigenvalue weighted by Crippen LogP contribution is 2.21. The summed E-state index contributed by atoms with van der Waals surface area (Å²) in [5.74, 6) is 0. The van der Waals surface area contributed by atoms with Gasteiger partial charge in [0.05, 0.1) is 0 Å². The summed E-state index contributed by atoms with van der Waals surface area (Å²) in [5.41, 5.74) is 2.86. The lowest BCUT2D eigenvalue weighted by molar-refractivity contribution is 0.200. The third-order valence-electron chi connectivity index (χ3n) is 2.28. The summed E-state index contributed by atoms with van der Waals surface area (Å²) in [6, 6.07) is 0.319. The molecule has 0 aliphatic heterocycles. The third-order valence-corrected chi connectivity index (χ3v) is 2.65. The molecule has 0 fully saturated rings. The molecule has 0 spiro atoms. The van der Waals surface area contributed by atoms with Crippen molar-refractivity contribution in [2.24, 2.45) is 5.41 Å². The fraction of sp³-hybridized carbons (Fsp3) is 0.818. The maximum absolute atomic E-state index is 8.94. The average molecular weight is 220 g/mol. The summed E-state index contributed by atoms with van der Waals surface area (Å²) in [4.78, 5) is 0. The van der Waals surface area contributed by atoms with Crippen LogP contribution in [0.1, 0.15) is 34.1 Å². The minimum Gasteiger partial charge on any atom is -0.396 e. The van der Waals surface area contributed by atoms with E-state index >= 15 is 0 Å². The molecule has 0 saturated carbocycles. The Morgan fingerprint density at radius 2 is 2.07 bits per heavy atom. The first-order valence-corrected chi connectivity index (χ1v) is 5.45. The molecule has 0 amide bonds. The van der Waals surface area contributed by atoms with Crippen LogP contribution in [0.5, 0.6) is 0 Å². The Morgan fingerprint density at radius 1 is 1.50 bits per heavy atom. The molecule has 0 aromatic carbocycles. The van der Waals surface area contributed by atoms with E-state index in [1.807, 2.05) is 6.92 Å². The first kappa shape index (κ1) is 13.9. The van der Waals surface area contributed by atoms with Crippen LogP contribution in [0, 0.1) is 5.41 Å². The molecule has 0 aliphatic carbocycles. The van der Waals surface area contributed by atoms with Gasteiger partial charge in [-0.25, -0.2) is 0 Å². The van der Waals surface area contributed by atoms with Crippen molar-refractivity contribution in [2.75, 3.05) is 13.2 Å². The molecule has 0 rings (SSSR count). The molecule has 84 valence electrons. The number of hydrogen-bond donors (Lipinski definition) is 2. The van der Waals surface area contributed by atoms with Crippen LogP contribution < -0.4 is 5.32 Å². The van der Waals surface area contributed by atoms with E-state index in [0.29, 0.717) is 6.04 Å². The van der Waals surface area contributed by atoms with Crippen molar-refractivity contribution in [3.05, 3.63) is 11.1 Å². The highest BCUT2D eigenvalue weighted by atomic mass is 35.5. The Balaban J connectivity index is 4.11. The highest BCUT2D eigenvalue weighted by molar-refractivity contribution is 6.25. The molecule has 1 atom stereocenters. The maximum Gasteiger partial charge on any atom is 0.0446 e. The molecule has 2 N–H and O–H groups in total.